The fourth-order valence-electron chi connectivity index (χ4n) is 1.16. The SMILES string of the molecule is CC(NCc1cc(C(N)=O)cs1)C(C)(C)C. The van der Waals surface area contributed by atoms with Crippen LogP contribution in [0.5, 0.6) is 0 Å². The Hall–Kier alpha value is -0.870. The highest BCUT2D eigenvalue weighted by atomic mass is 32.1. The maximum Gasteiger partial charge on any atom is 0.249 e. The van der Waals surface area contributed by atoms with E-state index in [1.807, 2.05) is 6.07 Å². The van der Waals surface area contributed by atoms with Crippen molar-refractivity contribution >= 4 is 17.2 Å². The van der Waals surface area contributed by atoms with Gasteiger partial charge in [-0.05, 0) is 18.4 Å². The molecule has 0 saturated heterocycles. The van der Waals surface area contributed by atoms with Crippen LogP contribution >= 0.6 is 11.3 Å². The number of hydrogen-bond acceptors (Lipinski definition) is 3. The third kappa shape index (κ3) is 3.61. The molecular weight excluding hydrogens is 220 g/mol. The molecule has 1 aromatic rings. The molecule has 90 valence electrons. The fraction of sp³-hybridized carbons (Fsp3) is 0.583. The van der Waals surface area contributed by atoms with Crippen LogP contribution in [0.15, 0.2) is 11.4 Å². The number of rotatable bonds is 4. The molecule has 4 heteroatoms. The Kier molecular flexibility index (Phi) is 4.10. The van der Waals surface area contributed by atoms with Gasteiger partial charge in [-0.25, -0.2) is 0 Å². The summed E-state index contributed by atoms with van der Waals surface area (Å²) in [6.07, 6.45) is 0. The first kappa shape index (κ1) is 13.2. The van der Waals surface area contributed by atoms with E-state index in [0.29, 0.717) is 11.6 Å². The summed E-state index contributed by atoms with van der Waals surface area (Å²) in [6.45, 7) is 9.56. The molecule has 0 bridgehead atoms. The van der Waals surface area contributed by atoms with Gasteiger partial charge in [-0.2, -0.15) is 0 Å². The number of thiophene rings is 1. The maximum atomic E-state index is 10.9. The van der Waals surface area contributed by atoms with E-state index in [0.717, 1.165) is 11.4 Å². The Morgan fingerprint density at radius 3 is 2.62 bits per heavy atom. The van der Waals surface area contributed by atoms with E-state index in [-0.39, 0.29) is 11.3 Å². The number of carbonyl (C=O) groups excluding carboxylic acids is 1. The van der Waals surface area contributed by atoms with Crippen LogP contribution in [0, 0.1) is 5.41 Å². The van der Waals surface area contributed by atoms with Crippen molar-refractivity contribution in [2.24, 2.45) is 11.1 Å². The van der Waals surface area contributed by atoms with Gasteiger partial charge in [0.1, 0.15) is 0 Å². The minimum Gasteiger partial charge on any atom is -0.366 e. The summed E-state index contributed by atoms with van der Waals surface area (Å²) in [5.74, 6) is -0.355. The number of carbonyl (C=O) groups is 1. The second-order valence-electron chi connectivity index (χ2n) is 5.13. The molecule has 1 atom stereocenters. The zero-order chi connectivity index (χ0) is 12.3. The molecule has 0 aromatic carbocycles. The lowest BCUT2D eigenvalue weighted by molar-refractivity contribution is 0.100. The van der Waals surface area contributed by atoms with Crippen molar-refractivity contribution in [3.63, 3.8) is 0 Å². The molecule has 0 saturated carbocycles. The zero-order valence-electron chi connectivity index (χ0n) is 10.3. The minimum atomic E-state index is -0.355. The molecule has 0 fully saturated rings. The van der Waals surface area contributed by atoms with E-state index in [9.17, 15) is 4.79 Å². The van der Waals surface area contributed by atoms with Gasteiger partial charge in [0.15, 0.2) is 0 Å². The lowest BCUT2D eigenvalue weighted by Crippen LogP contribution is -2.36. The predicted molar refractivity (Wildman–Crippen MR) is 68.6 cm³/mol. The van der Waals surface area contributed by atoms with Gasteiger partial charge < -0.3 is 11.1 Å². The van der Waals surface area contributed by atoms with Crippen LogP contribution in [0.1, 0.15) is 42.9 Å². The van der Waals surface area contributed by atoms with Gasteiger partial charge in [-0.15, -0.1) is 11.3 Å². The van der Waals surface area contributed by atoms with Gasteiger partial charge in [0.05, 0.1) is 5.56 Å². The molecule has 0 aliphatic carbocycles. The molecule has 1 unspecified atom stereocenters. The van der Waals surface area contributed by atoms with Gasteiger partial charge >= 0.3 is 0 Å². The molecule has 0 spiro atoms. The number of nitrogens with two attached hydrogens (primary N) is 1. The first-order chi connectivity index (χ1) is 7.30. The second kappa shape index (κ2) is 4.97. The molecule has 3 N–H and O–H groups in total. The predicted octanol–water partition coefficient (Wildman–Crippen LogP) is 2.37. The van der Waals surface area contributed by atoms with E-state index in [2.05, 4.69) is 33.0 Å². The zero-order valence-corrected chi connectivity index (χ0v) is 11.1. The Balaban J connectivity index is 2.52. The van der Waals surface area contributed by atoms with Gasteiger partial charge in [-0.3, -0.25) is 4.79 Å². The van der Waals surface area contributed by atoms with Crippen LogP contribution in [0.3, 0.4) is 0 Å². The molecule has 16 heavy (non-hydrogen) atoms. The quantitative estimate of drug-likeness (QED) is 0.849. The van der Waals surface area contributed by atoms with Crippen LogP contribution < -0.4 is 11.1 Å². The van der Waals surface area contributed by atoms with Gasteiger partial charge in [-0.1, -0.05) is 20.8 Å². The summed E-state index contributed by atoms with van der Waals surface area (Å²) in [7, 11) is 0. The number of primary amides is 1. The van der Waals surface area contributed by atoms with Crippen molar-refractivity contribution in [1.82, 2.24) is 5.32 Å². The lowest BCUT2D eigenvalue weighted by Gasteiger charge is -2.28. The van der Waals surface area contributed by atoms with E-state index in [4.69, 9.17) is 5.73 Å². The second-order valence-corrected chi connectivity index (χ2v) is 6.13. The van der Waals surface area contributed by atoms with Gasteiger partial charge in [0.25, 0.3) is 0 Å². The first-order valence-corrected chi connectivity index (χ1v) is 6.29. The molecule has 1 rings (SSSR count). The Morgan fingerprint density at radius 1 is 1.56 bits per heavy atom. The monoisotopic (exact) mass is 240 g/mol. The summed E-state index contributed by atoms with van der Waals surface area (Å²) >= 11 is 1.57. The molecular formula is C12H20N2OS. The lowest BCUT2D eigenvalue weighted by atomic mass is 9.88. The van der Waals surface area contributed by atoms with Crippen molar-refractivity contribution in [3.8, 4) is 0 Å². The maximum absolute atomic E-state index is 10.9. The average Bonchev–Trinajstić information content (AvgIpc) is 2.60. The summed E-state index contributed by atoms with van der Waals surface area (Å²) in [5, 5.41) is 5.26. The van der Waals surface area contributed by atoms with Crippen molar-refractivity contribution in [1.29, 1.82) is 0 Å². The van der Waals surface area contributed by atoms with Gasteiger partial charge in [0, 0.05) is 22.8 Å². The third-order valence-electron chi connectivity index (χ3n) is 2.82. The molecule has 1 amide bonds. The molecule has 1 aromatic heterocycles. The van der Waals surface area contributed by atoms with Crippen molar-refractivity contribution in [2.75, 3.05) is 0 Å². The minimum absolute atomic E-state index is 0.240. The molecule has 1 heterocycles. The van der Waals surface area contributed by atoms with Crippen LogP contribution in [-0.4, -0.2) is 11.9 Å². The van der Waals surface area contributed by atoms with E-state index >= 15 is 0 Å². The summed E-state index contributed by atoms with van der Waals surface area (Å²) in [5.41, 5.74) is 6.04. The number of amides is 1. The Bertz CT molecular complexity index is 365. The van der Waals surface area contributed by atoms with Crippen LogP contribution in [0.2, 0.25) is 0 Å². The highest BCUT2D eigenvalue weighted by molar-refractivity contribution is 7.10. The van der Waals surface area contributed by atoms with Crippen molar-refractivity contribution in [2.45, 2.75) is 40.3 Å². The van der Waals surface area contributed by atoms with E-state index in [1.54, 1.807) is 16.7 Å². The summed E-state index contributed by atoms with van der Waals surface area (Å²) < 4.78 is 0. The van der Waals surface area contributed by atoms with E-state index < -0.39 is 0 Å². The first-order valence-electron chi connectivity index (χ1n) is 5.41. The number of hydrogen-bond donors (Lipinski definition) is 2. The Morgan fingerprint density at radius 2 is 2.19 bits per heavy atom. The normalized spacial score (nSPS) is 13.8. The molecule has 0 aliphatic rings. The topological polar surface area (TPSA) is 55.1 Å². The summed E-state index contributed by atoms with van der Waals surface area (Å²) in [6, 6.07) is 2.28. The van der Waals surface area contributed by atoms with Crippen LogP contribution in [-0.2, 0) is 6.54 Å². The molecule has 0 radical (unpaired) electrons. The highest BCUT2D eigenvalue weighted by Gasteiger charge is 2.19. The number of nitrogens with one attached hydrogen (secondary N) is 1. The van der Waals surface area contributed by atoms with E-state index in [1.165, 1.54) is 0 Å². The van der Waals surface area contributed by atoms with Crippen molar-refractivity contribution in [3.05, 3.63) is 21.9 Å². The standard InChI is InChI=1S/C12H20N2OS/c1-8(12(2,3)4)14-6-10-5-9(7-16-10)11(13)15/h5,7-8,14H,6H2,1-4H3,(H2,13,15). The average molecular weight is 240 g/mol. The molecule has 3 nitrogen and oxygen atoms in total. The van der Waals surface area contributed by atoms with Crippen molar-refractivity contribution < 1.29 is 4.79 Å². The Labute approximate surface area is 101 Å². The highest BCUT2D eigenvalue weighted by Crippen LogP contribution is 2.20. The molecule has 0 aliphatic heterocycles. The largest absolute Gasteiger partial charge is 0.366 e. The smallest absolute Gasteiger partial charge is 0.249 e. The fourth-order valence-corrected chi connectivity index (χ4v) is 1.99. The van der Waals surface area contributed by atoms with Crippen LogP contribution in [0.4, 0.5) is 0 Å². The third-order valence-corrected chi connectivity index (χ3v) is 3.76. The van der Waals surface area contributed by atoms with Crippen LogP contribution in [0.25, 0.3) is 0 Å². The summed E-state index contributed by atoms with van der Waals surface area (Å²) in [4.78, 5) is 12.1. The van der Waals surface area contributed by atoms with Gasteiger partial charge in [0.2, 0.25) is 5.91 Å².